The Kier molecular flexibility index (Phi) is 5.18. The molecule has 0 radical (unpaired) electrons. The van der Waals surface area contributed by atoms with Crippen LogP contribution in [-0.4, -0.2) is 20.7 Å². The highest BCUT2D eigenvalue weighted by molar-refractivity contribution is 5.76. The minimum atomic E-state index is -0.271. The highest BCUT2D eigenvalue weighted by Gasteiger charge is 2.11. The van der Waals surface area contributed by atoms with E-state index < -0.39 is 0 Å². The average molecular weight is 338 g/mol. The highest BCUT2D eigenvalue weighted by Crippen LogP contribution is 2.16. The van der Waals surface area contributed by atoms with Gasteiger partial charge in [0.2, 0.25) is 5.91 Å². The van der Waals surface area contributed by atoms with Crippen LogP contribution in [0.25, 0.3) is 5.69 Å². The maximum atomic E-state index is 13.6. The topological polar surface area (TPSA) is 59.8 Å². The van der Waals surface area contributed by atoms with Gasteiger partial charge in [-0.05, 0) is 42.7 Å². The molecule has 3 rings (SSSR count). The summed E-state index contributed by atoms with van der Waals surface area (Å²) in [4.78, 5) is 16.0. The number of aryl methyl sites for hydroxylation is 1. The Morgan fingerprint density at radius 2 is 1.96 bits per heavy atom. The van der Waals surface area contributed by atoms with Crippen LogP contribution in [0, 0.1) is 5.82 Å². The second kappa shape index (κ2) is 7.70. The van der Waals surface area contributed by atoms with Crippen LogP contribution in [0.1, 0.15) is 30.5 Å². The number of nitrogens with zero attached hydrogens (tertiary/aromatic N) is 3. The molecular formula is C19H19FN4O. The number of halogens is 1. The molecule has 0 aliphatic heterocycles. The molecule has 0 spiro atoms. The van der Waals surface area contributed by atoms with Gasteiger partial charge in [-0.2, -0.15) is 5.10 Å². The number of carbonyl (C=O) groups is 1. The van der Waals surface area contributed by atoms with Crippen LogP contribution in [0.4, 0.5) is 4.39 Å². The Hall–Kier alpha value is -3.02. The molecule has 0 saturated heterocycles. The number of amides is 1. The van der Waals surface area contributed by atoms with Gasteiger partial charge in [0.1, 0.15) is 18.5 Å². The number of aromatic nitrogens is 3. The van der Waals surface area contributed by atoms with Gasteiger partial charge in [0.05, 0.1) is 11.7 Å². The van der Waals surface area contributed by atoms with E-state index in [2.05, 4.69) is 15.4 Å². The van der Waals surface area contributed by atoms with Gasteiger partial charge in [0.25, 0.3) is 0 Å². The van der Waals surface area contributed by atoms with E-state index in [9.17, 15) is 9.18 Å². The van der Waals surface area contributed by atoms with Gasteiger partial charge in [-0.15, -0.1) is 0 Å². The minimum absolute atomic E-state index is 0.101. The predicted octanol–water partition coefficient (Wildman–Crippen LogP) is 3.22. The average Bonchev–Trinajstić information content (AvgIpc) is 3.16. The normalized spacial score (nSPS) is 11.9. The maximum absolute atomic E-state index is 13.6. The monoisotopic (exact) mass is 338 g/mol. The summed E-state index contributed by atoms with van der Waals surface area (Å²) in [6.45, 7) is 1.92. The van der Waals surface area contributed by atoms with Gasteiger partial charge in [0.15, 0.2) is 0 Å². The number of nitrogens with one attached hydrogen (secondary N) is 1. The van der Waals surface area contributed by atoms with Crippen LogP contribution in [0.15, 0.2) is 61.2 Å². The van der Waals surface area contributed by atoms with Crippen molar-refractivity contribution in [3.63, 3.8) is 0 Å². The van der Waals surface area contributed by atoms with E-state index >= 15 is 0 Å². The van der Waals surface area contributed by atoms with Crippen molar-refractivity contribution >= 4 is 5.91 Å². The molecule has 1 N–H and O–H groups in total. The number of hydrogen-bond acceptors (Lipinski definition) is 3. The Morgan fingerprint density at radius 1 is 1.20 bits per heavy atom. The van der Waals surface area contributed by atoms with Crippen molar-refractivity contribution in [1.29, 1.82) is 0 Å². The van der Waals surface area contributed by atoms with E-state index in [1.807, 2.05) is 31.2 Å². The first-order chi connectivity index (χ1) is 12.1. The van der Waals surface area contributed by atoms with Crippen LogP contribution in [0.2, 0.25) is 0 Å². The summed E-state index contributed by atoms with van der Waals surface area (Å²) in [5.41, 5.74) is 2.45. The molecule has 1 heterocycles. The third-order valence-electron chi connectivity index (χ3n) is 4.03. The van der Waals surface area contributed by atoms with Crippen LogP contribution in [0.3, 0.4) is 0 Å². The first kappa shape index (κ1) is 16.8. The summed E-state index contributed by atoms with van der Waals surface area (Å²) < 4.78 is 15.2. The zero-order chi connectivity index (χ0) is 17.6. The molecule has 2 aromatic carbocycles. The fourth-order valence-electron chi connectivity index (χ4n) is 2.60. The van der Waals surface area contributed by atoms with E-state index in [0.717, 1.165) is 11.3 Å². The molecule has 0 saturated carbocycles. The molecule has 6 heteroatoms. The van der Waals surface area contributed by atoms with Gasteiger partial charge >= 0.3 is 0 Å². The first-order valence-corrected chi connectivity index (χ1v) is 8.11. The number of hydrogen-bond donors (Lipinski definition) is 1. The maximum Gasteiger partial charge on any atom is 0.220 e. The van der Waals surface area contributed by atoms with E-state index in [1.165, 1.54) is 12.4 Å². The quantitative estimate of drug-likeness (QED) is 0.751. The van der Waals surface area contributed by atoms with E-state index in [1.54, 1.807) is 29.2 Å². The van der Waals surface area contributed by atoms with E-state index in [4.69, 9.17) is 0 Å². The molecule has 1 unspecified atom stereocenters. The van der Waals surface area contributed by atoms with Gasteiger partial charge < -0.3 is 5.32 Å². The molecule has 0 fully saturated rings. The summed E-state index contributed by atoms with van der Waals surface area (Å²) in [5.74, 6) is -0.372. The van der Waals surface area contributed by atoms with Gasteiger partial charge in [-0.1, -0.05) is 30.3 Å². The van der Waals surface area contributed by atoms with Crippen LogP contribution >= 0.6 is 0 Å². The van der Waals surface area contributed by atoms with Crippen molar-refractivity contribution in [3.8, 4) is 5.69 Å². The van der Waals surface area contributed by atoms with Crippen molar-refractivity contribution < 1.29 is 9.18 Å². The van der Waals surface area contributed by atoms with Gasteiger partial charge in [-0.3, -0.25) is 4.79 Å². The lowest BCUT2D eigenvalue weighted by Crippen LogP contribution is -2.26. The zero-order valence-corrected chi connectivity index (χ0v) is 13.9. The predicted molar refractivity (Wildman–Crippen MR) is 92.6 cm³/mol. The molecule has 1 atom stereocenters. The Morgan fingerprint density at radius 3 is 2.64 bits per heavy atom. The van der Waals surface area contributed by atoms with Crippen LogP contribution in [-0.2, 0) is 11.2 Å². The lowest BCUT2D eigenvalue weighted by atomic mass is 10.1. The summed E-state index contributed by atoms with van der Waals surface area (Å²) in [6, 6.07) is 14.1. The van der Waals surface area contributed by atoms with Crippen LogP contribution < -0.4 is 5.32 Å². The third kappa shape index (κ3) is 4.29. The number of benzene rings is 2. The lowest BCUT2D eigenvalue weighted by Gasteiger charge is -2.15. The smallest absolute Gasteiger partial charge is 0.220 e. The second-order valence-electron chi connectivity index (χ2n) is 5.81. The standard InChI is InChI=1S/C19H19FN4O/c1-14(15-6-9-17(10-7-15)24-13-21-12-22-24)23-19(25)11-8-16-4-2-3-5-18(16)20/h2-7,9-10,12-14H,8,11H2,1H3,(H,23,25). The van der Waals surface area contributed by atoms with Crippen molar-refractivity contribution in [1.82, 2.24) is 20.1 Å². The lowest BCUT2D eigenvalue weighted by molar-refractivity contribution is -0.121. The van der Waals surface area contributed by atoms with Crippen molar-refractivity contribution in [2.75, 3.05) is 0 Å². The number of carbonyl (C=O) groups excluding carboxylic acids is 1. The summed E-state index contributed by atoms with van der Waals surface area (Å²) >= 11 is 0. The minimum Gasteiger partial charge on any atom is -0.350 e. The molecule has 5 nitrogen and oxygen atoms in total. The largest absolute Gasteiger partial charge is 0.350 e. The van der Waals surface area contributed by atoms with Crippen LogP contribution in [0.5, 0.6) is 0 Å². The summed E-state index contributed by atoms with van der Waals surface area (Å²) in [7, 11) is 0. The zero-order valence-electron chi connectivity index (χ0n) is 13.9. The highest BCUT2D eigenvalue weighted by atomic mass is 19.1. The molecule has 0 aliphatic rings. The SMILES string of the molecule is CC(NC(=O)CCc1ccccc1F)c1ccc(-n2cncn2)cc1. The Bertz CT molecular complexity index is 831. The van der Waals surface area contributed by atoms with Crippen molar-refractivity contribution in [2.24, 2.45) is 0 Å². The van der Waals surface area contributed by atoms with Crippen molar-refractivity contribution in [2.45, 2.75) is 25.8 Å². The molecule has 25 heavy (non-hydrogen) atoms. The van der Waals surface area contributed by atoms with Gasteiger partial charge in [0, 0.05) is 6.42 Å². The van der Waals surface area contributed by atoms with E-state index in [-0.39, 0.29) is 24.2 Å². The molecular weight excluding hydrogens is 319 g/mol. The molecule has 128 valence electrons. The second-order valence-corrected chi connectivity index (χ2v) is 5.81. The molecule has 3 aromatic rings. The molecule has 0 bridgehead atoms. The van der Waals surface area contributed by atoms with Crippen molar-refractivity contribution in [3.05, 3.63) is 78.1 Å². The summed E-state index contributed by atoms with van der Waals surface area (Å²) in [6.07, 6.45) is 3.74. The van der Waals surface area contributed by atoms with E-state index in [0.29, 0.717) is 12.0 Å². The molecule has 1 aromatic heterocycles. The molecule has 0 aliphatic carbocycles. The number of rotatable bonds is 6. The Labute approximate surface area is 145 Å². The third-order valence-corrected chi connectivity index (χ3v) is 4.03. The molecule has 1 amide bonds. The first-order valence-electron chi connectivity index (χ1n) is 8.11. The fourth-order valence-corrected chi connectivity index (χ4v) is 2.60. The van der Waals surface area contributed by atoms with Gasteiger partial charge in [-0.25, -0.2) is 14.1 Å². The fraction of sp³-hybridized carbons (Fsp3) is 0.211. The Balaban J connectivity index is 1.55. The summed E-state index contributed by atoms with van der Waals surface area (Å²) in [5, 5.41) is 7.02.